The lowest BCUT2D eigenvalue weighted by Gasteiger charge is -2.33. The van der Waals surface area contributed by atoms with Gasteiger partial charge >= 0.3 is 0 Å². The van der Waals surface area contributed by atoms with Crippen molar-refractivity contribution in [1.82, 2.24) is 25.0 Å². The summed E-state index contributed by atoms with van der Waals surface area (Å²) in [5.41, 5.74) is 1.06. The standard InChI is InChI=1S/C19H24N6O2/c1-2-24(15-6-9-20-10-7-15)19(26)16-13-27-18(23-16)14-11-22-25(12-14)17-5-3-4-8-21-17/h5,8,11-13,15,20H,2-4,6-7,9-10H2,1H3. The zero-order valence-corrected chi connectivity index (χ0v) is 15.5. The highest BCUT2D eigenvalue weighted by atomic mass is 16.3. The van der Waals surface area contributed by atoms with Gasteiger partial charge in [-0.1, -0.05) is 0 Å². The molecule has 1 fully saturated rings. The topological polar surface area (TPSA) is 88.6 Å². The second kappa shape index (κ2) is 7.87. The van der Waals surface area contributed by atoms with Crippen LogP contribution < -0.4 is 5.32 Å². The monoisotopic (exact) mass is 368 g/mol. The van der Waals surface area contributed by atoms with E-state index in [0.717, 1.165) is 50.2 Å². The zero-order chi connectivity index (χ0) is 18.6. The molecule has 1 amide bonds. The molecule has 0 radical (unpaired) electrons. The molecule has 0 atom stereocenters. The van der Waals surface area contributed by atoms with E-state index in [1.54, 1.807) is 10.9 Å². The molecule has 4 heterocycles. The van der Waals surface area contributed by atoms with E-state index in [4.69, 9.17) is 4.42 Å². The van der Waals surface area contributed by atoms with Crippen LogP contribution in [0.25, 0.3) is 17.3 Å². The molecular weight excluding hydrogens is 344 g/mol. The number of oxazole rings is 1. The zero-order valence-electron chi connectivity index (χ0n) is 15.5. The number of amides is 1. The summed E-state index contributed by atoms with van der Waals surface area (Å²) in [7, 11) is 0. The van der Waals surface area contributed by atoms with Crippen molar-refractivity contribution in [1.29, 1.82) is 0 Å². The van der Waals surface area contributed by atoms with Crippen LogP contribution in [0, 0.1) is 0 Å². The Balaban J connectivity index is 1.51. The fourth-order valence-electron chi connectivity index (χ4n) is 3.55. The first-order valence-corrected chi connectivity index (χ1v) is 9.51. The van der Waals surface area contributed by atoms with Crippen LogP contribution in [0.5, 0.6) is 0 Å². The molecule has 27 heavy (non-hydrogen) atoms. The van der Waals surface area contributed by atoms with E-state index in [2.05, 4.69) is 20.4 Å². The molecule has 2 aromatic heterocycles. The Labute approximate surface area is 158 Å². The highest BCUT2D eigenvalue weighted by Crippen LogP contribution is 2.22. The first-order valence-electron chi connectivity index (χ1n) is 9.51. The second-order valence-electron chi connectivity index (χ2n) is 6.74. The summed E-state index contributed by atoms with van der Waals surface area (Å²) in [6.07, 6.45) is 12.7. The SMILES string of the molecule is CCN(C(=O)c1coc(-c2cnn(C3=CCCC=N3)c2)n1)C1CCNCC1. The number of carbonyl (C=O) groups excluding carboxylic acids is 1. The number of nitrogens with zero attached hydrogens (tertiary/aromatic N) is 5. The van der Waals surface area contributed by atoms with Gasteiger partial charge in [0, 0.05) is 25.0 Å². The molecule has 0 aromatic carbocycles. The number of aromatic nitrogens is 3. The summed E-state index contributed by atoms with van der Waals surface area (Å²) >= 11 is 0. The molecule has 1 N–H and O–H groups in total. The molecule has 0 bridgehead atoms. The normalized spacial score (nSPS) is 17.7. The maximum atomic E-state index is 12.9. The molecule has 0 unspecified atom stereocenters. The van der Waals surface area contributed by atoms with E-state index in [9.17, 15) is 4.79 Å². The fourth-order valence-corrected chi connectivity index (χ4v) is 3.55. The number of aliphatic imine (C=N–C) groups is 1. The Kier molecular flexibility index (Phi) is 5.15. The largest absolute Gasteiger partial charge is 0.444 e. The summed E-state index contributed by atoms with van der Waals surface area (Å²) in [6.45, 7) is 4.55. The van der Waals surface area contributed by atoms with Crippen LogP contribution in [0.3, 0.4) is 0 Å². The summed E-state index contributed by atoms with van der Waals surface area (Å²) in [4.78, 5) is 23.6. The van der Waals surface area contributed by atoms with E-state index in [0.29, 0.717) is 18.1 Å². The first-order chi connectivity index (χ1) is 13.3. The second-order valence-corrected chi connectivity index (χ2v) is 6.74. The van der Waals surface area contributed by atoms with Crippen molar-refractivity contribution in [2.75, 3.05) is 19.6 Å². The Morgan fingerprint density at radius 2 is 2.22 bits per heavy atom. The Hall–Kier alpha value is -2.74. The summed E-state index contributed by atoms with van der Waals surface area (Å²) in [5, 5.41) is 7.66. The molecule has 2 aromatic rings. The minimum absolute atomic E-state index is 0.0774. The highest BCUT2D eigenvalue weighted by Gasteiger charge is 2.27. The van der Waals surface area contributed by atoms with E-state index in [1.807, 2.05) is 30.3 Å². The van der Waals surface area contributed by atoms with Crippen LogP contribution in [-0.2, 0) is 0 Å². The predicted molar refractivity (Wildman–Crippen MR) is 102 cm³/mol. The molecule has 8 nitrogen and oxygen atoms in total. The molecular formula is C19H24N6O2. The maximum absolute atomic E-state index is 12.9. The van der Waals surface area contributed by atoms with E-state index in [-0.39, 0.29) is 11.9 Å². The van der Waals surface area contributed by atoms with Gasteiger partial charge in [0.1, 0.15) is 12.1 Å². The molecule has 0 spiro atoms. The first kappa shape index (κ1) is 17.7. The van der Waals surface area contributed by atoms with Crippen molar-refractivity contribution in [2.24, 2.45) is 4.99 Å². The van der Waals surface area contributed by atoms with Gasteiger partial charge in [-0.15, -0.1) is 0 Å². The molecule has 0 saturated carbocycles. The Morgan fingerprint density at radius 3 is 2.96 bits per heavy atom. The van der Waals surface area contributed by atoms with Gasteiger partial charge in [0.2, 0.25) is 5.89 Å². The number of hydrogen-bond acceptors (Lipinski definition) is 6. The number of carbonyl (C=O) groups is 1. The lowest BCUT2D eigenvalue weighted by molar-refractivity contribution is 0.0650. The van der Waals surface area contributed by atoms with Crippen molar-refractivity contribution < 1.29 is 9.21 Å². The third-order valence-electron chi connectivity index (χ3n) is 4.98. The van der Waals surface area contributed by atoms with Crippen molar-refractivity contribution in [3.63, 3.8) is 0 Å². The minimum atomic E-state index is -0.0774. The van der Waals surface area contributed by atoms with Crippen molar-refractivity contribution in [2.45, 2.75) is 38.6 Å². The molecule has 2 aliphatic heterocycles. The lowest BCUT2D eigenvalue weighted by atomic mass is 10.0. The van der Waals surface area contributed by atoms with Crippen molar-refractivity contribution >= 4 is 17.9 Å². The molecule has 2 aliphatic rings. The minimum Gasteiger partial charge on any atom is -0.444 e. The number of hydrogen-bond donors (Lipinski definition) is 1. The van der Waals surface area contributed by atoms with Gasteiger partial charge in [0.05, 0.1) is 11.8 Å². The molecule has 4 rings (SSSR count). The van der Waals surface area contributed by atoms with Crippen LogP contribution in [0.2, 0.25) is 0 Å². The predicted octanol–water partition coefficient (Wildman–Crippen LogP) is 2.42. The third kappa shape index (κ3) is 3.71. The maximum Gasteiger partial charge on any atom is 0.276 e. The van der Waals surface area contributed by atoms with Gasteiger partial charge < -0.3 is 14.6 Å². The average Bonchev–Trinajstić information content (AvgIpc) is 3.40. The van der Waals surface area contributed by atoms with Gasteiger partial charge in [-0.25, -0.2) is 14.7 Å². The average molecular weight is 368 g/mol. The molecule has 0 aliphatic carbocycles. The van der Waals surface area contributed by atoms with E-state index < -0.39 is 0 Å². The van der Waals surface area contributed by atoms with Crippen molar-refractivity contribution in [3.05, 3.63) is 30.4 Å². The summed E-state index contributed by atoms with van der Waals surface area (Å²) < 4.78 is 7.27. The smallest absolute Gasteiger partial charge is 0.276 e. The molecule has 1 saturated heterocycles. The lowest BCUT2D eigenvalue weighted by Crippen LogP contribution is -2.46. The highest BCUT2D eigenvalue weighted by molar-refractivity contribution is 5.92. The summed E-state index contributed by atoms with van der Waals surface area (Å²) in [6, 6.07) is 0.253. The van der Waals surface area contributed by atoms with Gasteiger partial charge in [-0.2, -0.15) is 5.10 Å². The Bertz CT molecular complexity index is 859. The Morgan fingerprint density at radius 1 is 1.37 bits per heavy atom. The van der Waals surface area contributed by atoms with Crippen molar-refractivity contribution in [3.8, 4) is 11.5 Å². The van der Waals surface area contributed by atoms with E-state index in [1.165, 1.54) is 6.26 Å². The van der Waals surface area contributed by atoms with Gasteiger partial charge in [0.15, 0.2) is 5.69 Å². The molecule has 8 heteroatoms. The fraction of sp³-hybridized carbons (Fsp3) is 0.474. The number of allylic oxidation sites excluding steroid dienone is 1. The molecule has 142 valence electrons. The van der Waals surface area contributed by atoms with Crippen LogP contribution in [0.1, 0.15) is 43.1 Å². The summed E-state index contributed by atoms with van der Waals surface area (Å²) in [5.74, 6) is 1.11. The number of rotatable bonds is 5. The third-order valence-corrected chi connectivity index (χ3v) is 4.98. The number of nitrogens with one attached hydrogen (secondary N) is 1. The number of piperidine rings is 1. The van der Waals surface area contributed by atoms with Crippen LogP contribution in [0.15, 0.2) is 34.1 Å². The van der Waals surface area contributed by atoms with Gasteiger partial charge in [-0.3, -0.25) is 4.79 Å². The van der Waals surface area contributed by atoms with Crippen LogP contribution in [0.4, 0.5) is 0 Å². The quantitative estimate of drug-likeness (QED) is 0.875. The van der Waals surface area contributed by atoms with Gasteiger partial charge in [0.25, 0.3) is 5.91 Å². The van der Waals surface area contributed by atoms with E-state index >= 15 is 0 Å². The van der Waals surface area contributed by atoms with Crippen LogP contribution >= 0.6 is 0 Å². The van der Waals surface area contributed by atoms with Gasteiger partial charge in [-0.05, 0) is 51.8 Å². The van der Waals surface area contributed by atoms with Crippen LogP contribution in [-0.4, -0.2) is 57.5 Å².